The lowest BCUT2D eigenvalue weighted by atomic mass is 10.1. The molecule has 0 atom stereocenters. The van der Waals surface area contributed by atoms with Crippen LogP contribution >= 0.6 is 0 Å². The van der Waals surface area contributed by atoms with Crippen molar-refractivity contribution in [3.8, 4) is 0 Å². The first-order chi connectivity index (χ1) is 11.3. The number of rotatable bonds is 6. The number of likely N-dealkylation sites (N-methyl/N-ethyl adjacent to an activating group) is 1. The van der Waals surface area contributed by atoms with Crippen molar-refractivity contribution in [2.75, 3.05) is 13.6 Å². The summed E-state index contributed by atoms with van der Waals surface area (Å²) < 4.78 is 27.0. The minimum absolute atomic E-state index is 0.143. The van der Waals surface area contributed by atoms with Crippen molar-refractivity contribution in [3.05, 3.63) is 65.2 Å². The second-order valence-electron chi connectivity index (χ2n) is 5.74. The van der Waals surface area contributed by atoms with E-state index in [-0.39, 0.29) is 23.9 Å². The third-order valence-corrected chi connectivity index (χ3v) is 5.54. The van der Waals surface area contributed by atoms with Crippen LogP contribution in [-0.2, 0) is 21.4 Å². The van der Waals surface area contributed by atoms with Gasteiger partial charge in [0, 0.05) is 13.6 Å². The molecule has 0 spiro atoms. The summed E-state index contributed by atoms with van der Waals surface area (Å²) in [5.41, 5.74) is 2.91. The van der Waals surface area contributed by atoms with Crippen molar-refractivity contribution in [2.45, 2.75) is 25.3 Å². The van der Waals surface area contributed by atoms with Gasteiger partial charge >= 0.3 is 0 Å². The summed E-state index contributed by atoms with van der Waals surface area (Å²) >= 11 is 0. The molecule has 2 rings (SSSR count). The van der Waals surface area contributed by atoms with E-state index in [2.05, 4.69) is 5.32 Å². The van der Waals surface area contributed by atoms with E-state index in [0.29, 0.717) is 0 Å². The summed E-state index contributed by atoms with van der Waals surface area (Å²) in [6.45, 7) is 3.78. The van der Waals surface area contributed by atoms with Gasteiger partial charge in [-0.15, -0.1) is 0 Å². The highest BCUT2D eigenvalue weighted by Crippen LogP contribution is 2.19. The third kappa shape index (κ3) is 4.43. The van der Waals surface area contributed by atoms with Crippen LogP contribution in [0.4, 0.5) is 0 Å². The molecular formula is C18H22N2O3S. The predicted molar refractivity (Wildman–Crippen MR) is 94.0 cm³/mol. The fraction of sp³-hybridized carbons (Fsp3) is 0.278. The highest BCUT2D eigenvalue weighted by atomic mass is 32.2. The van der Waals surface area contributed by atoms with Gasteiger partial charge in [-0.1, -0.05) is 47.5 Å². The number of nitrogens with zero attached hydrogens (tertiary/aromatic N) is 1. The van der Waals surface area contributed by atoms with Crippen LogP contribution in [0.15, 0.2) is 53.4 Å². The normalized spacial score (nSPS) is 11.5. The molecule has 24 heavy (non-hydrogen) atoms. The Kier molecular flexibility index (Phi) is 5.75. The molecular weight excluding hydrogens is 324 g/mol. The minimum Gasteiger partial charge on any atom is -0.358 e. The van der Waals surface area contributed by atoms with Gasteiger partial charge in [0.25, 0.3) is 0 Å². The Morgan fingerprint density at radius 1 is 0.958 bits per heavy atom. The first-order valence-electron chi connectivity index (χ1n) is 7.66. The van der Waals surface area contributed by atoms with Crippen molar-refractivity contribution >= 4 is 15.9 Å². The number of sulfonamides is 1. The van der Waals surface area contributed by atoms with Crippen molar-refractivity contribution < 1.29 is 13.2 Å². The van der Waals surface area contributed by atoms with Crippen LogP contribution in [-0.4, -0.2) is 32.2 Å². The maximum atomic E-state index is 12.9. The van der Waals surface area contributed by atoms with E-state index in [4.69, 9.17) is 0 Å². The van der Waals surface area contributed by atoms with Gasteiger partial charge in [0.1, 0.15) is 0 Å². The molecule has 1 amide bonds. The molecule has 0 aliphatic carbocycles. The van der Waals surface area contributed by atoms with E-state index in [9.17, 15) is 13.2 Å². The van der Waals surface area contributed by atoms with Gasteiger partial charge in [0.15, 0.2) is 0 Å². The number of benzene rings is 2. The standard InChI is InChI=1S/C18H22N2O3S/c1-14-4-8-16(9-5-14)12-20(13-18(21)19-3)24(22,23)17-10-6-15(2)7-11-17/h4-11H,12-13H2,1-3H3,(H,19,21). The maximum absolute atomic E-state index is 12.9. The number of nitrogens with one attached hydrogen (secondary N) is 1. The third-order valence-electron chi connectivity index (χ3n) is 3.74. The highest BCUT2D eigenvalue weighted by molar-refractivity contribution is 7.89. The van der Waals surface area contributed by atoms with Crippen LogP contribution in [0.2, 0.25) is 0 Å². The molecule has 0 saturated carbocycles. The number of carbonyl (C=O) groups is 1. The van der Waals surface area contributed by atoms with Crippen LogP contribution in [0.5, 0.6) is 0 Å². The molecule has 0 fully saturated rings. The monoisotopic (exact) mass is 346 g/mol. The highest BCUT2D eigenvalue weighted by Gasteiger charge is 2.26. The molecule has 0 bridgehead atoms. The zero-order chi connectivity index (χ0) is 17.7. The second-order valence-corrected chi connectivity index (χ2v) is 7.68. The lowest BCUT2D eigenvalue weighted by molar-refractivity contribution is -0.120. The molecule has 2 aromatic rings. The fourth-order valence-corrected chi connectivity index (χ4v) is 3.61. The quantitative estimate of drug-likeness (QED) is 0.872. The number of amides is 1. The average Bonchev–Trinajstić information content (AvgIpc) is 2.56. The predicted octanol–water partition coefficient (Wildman–Crippen LogP) is 2.24. The second kappa shape index (κ2) is 7.59. The lowest BCUT2D eigenvalue weighted by Gasteiger charge is -2.22. The van der Waals surface area contributed by atoms with Gasteiger partial charge in [0.2, 0.25) is 15.9 Å². The molecule has 0 aromatic heterocycles. The molecule has 0 unspecified atom stereocenters. The fourth-order valence-electron chi connectivity index (χ4n) is 2.22. The van der Waals surface area contributed by atoms with Crippen LogP contribution in [0.25, 0.3) is 0 Å². The Balaban J connectivity index is 2.35. The zero-order valence-electron chi connectivity index (χ0n) is 14.1. The van der Waals surface area contributed by atoms with E-state index in [1.807, 2.05) is 38.1 Å². The van der Waals surface area contributed by atoms with Crippen molar-refractivity contribution in [3.63, 3.8) is 0 Å². The molecule has 0 saturated heterocycles. The van der Waals surface area contributed by atoms with Gasteiger partial charge in [-0.05, 0) is 31.5 Å². The summed E-state index contributed by atoms with van der Waals surface area (Å²) in [7, 11) is -2.27. The summed E-state index contributed by atoms with van der Waals surface area (Å²) in [6, 6.07) is 14.2. The van der Waals surface area contributed by atoms with Crippen LogP contribution in [0, 0.1) is 13.8 Å². The topological polar surface area (TPSA) is 66.5 Å². The number of hydrogen-bond donors (Lipinski definition) is 1. The Morgan fingerprint density at radius 3 is 1.96 bits per heavy atom. The molecule has 0 aliphatic heterocycles. The average molecular weight is 346 g/mol. The number of hydrogen-bond acceptors (Lipinski definition) is 3. The van der Waals surface area contributed by atoms with Crippen molar-refractivity contribution in [1.29, 1.82) is 0 Å². The van der Waals surface area contributed by atoms with Crippen molar-refractivity contribution in [2.24, 2.45) is 0 Å². The summed E-state index contributed by atoms with van der Waals surface area (Å²) in [5, 5.41) is 2.48. The maximum Gasteiger partial charge on any atom is 0.243 e. The summed E-state index contributed by atoms with van der Waals surface area (Å²) in [5.74, 6) is -0.349. The van der Waals surface area contributed by atoms with E-state index in [1.54, 1.807) is 24.3 Å². The van der Waals surface area contributed by atoms with Crippen molar-refractivity contribution in [1.82, 2.24) is 9.62 Å². The van der Waals surface area contributed by atoms with Gasteiger partial charge in [0.05, 0.1) is 11.4 Å². The minimum atomic E-state index is -3.76. The SMILES string of the molecule is CNC(=O)CN(Cc1ccc(C)cc1)S(=O)(=O)c1ccc(C)cc1. The van der Waals surface area contributed by atoms with Gasteiger partial charge in [-0.25, -0.2) is 8.42 Å². The largest absolute Gasteiger partial charge is 0.358 e. The summed E-state index contributed by atoms with van der Waals surface area (Å²) in [4.78, 5) is 12.0. The smallest absolute Gasteiger partial charge is 0.243 e. The first-order valence-corrected chi connectivity index (χ1v) is 9.10. The molecule has 0 radical (unpaired) electrons. The Labute approximate surface area is 143 Å². The van der Waals surface area contributed by atoms with E-state index >= 15 is 0 Å². The van der Waals surface area contributed by atoms with E-state index in [0.717, 1.165) is 16.7 Å². The van der Waals surface area contributed by atoms with Crippen LogP contribution in [0.1, 0.15) is 16.7 Å². The molecule has 5 nitrogen and oxygen atoms in total. The molecule has 0 heterocycles. The van der Waals surface area contributed by atoms with Crippen LogP contribution in [0.3, 0.4) is 0 Å². The molecule has 1 N–H and O–H groups in total. The number of aryl methyl sites for hydroxylation is 2. The van der Waals surface area contributed by atoms with E-state index in [1.165, 1.54) is 11.4 Å². The van der Waals surface area contributed by atoms with Gasteiger partial charge in [-0.3, -0.25) is 4.79 Å². The molecule has 128 valence electrons. The summed E-state index contributed by atoms with van der Waals surface area (Å²) in [6.07, 6.45) is 0. The Bertz CT molecular complexity index is 797. The Hall–Kier alpha value is -2.18. The first kappa shape index (κ1) is 18.2. The van der Waals surface area contributed by atoms with E-state index < -0.39 is 10.0 Å². The molecule has 6 heteroatoms. The Morgan fingerprint density at radius 2 is 1.46 bits per heavy atom. The molecule has 2 aromatic carbocycles. The van der Waals surface area contributed by atoms with Crippen LogP contribution < -0.4 is 5.32 Å². The van der Waals surface area contributed by atoms with Gasteiger partial charge in [-0.2, -0.15) is 4.31 Å². The number of carbonyl (C=O) groups excluding carboxylic acids is 1. The van der Waals surface area contributed by atoms with Gasteiger partial charge < -0.3 is 5.32 Å². The lowest BCUT2D eigenvalue weighted by Crippen LogP contribution is -2.39. The zero-order valence-corrected chi connectivity index (χ0v) is 14.9. The molecule has 0 aliphatic rings.